The number of hydrogen-bond acceptors (Lipinski definition) is 4. The van der Waals surface area contributed by atoms with Crippen LogP contribution in [0.2, 0.25) is 0 Å². The molecule has 0 saturated carbocycles. The Morgan fingerprint density at radius 1 is 1.59 bits per heavy atom. The summed E-state index contributed by atoms with van der Waals surface area (Å²) in [6.07, 6.45) is 2.68. The second-order valence-electron chi connectivity index (χ2n) is 4.09. The molecule has 0 radical (unpaired) electrons. The number of amides is 1. The molecular formula is C11H18ClN3OS. The molecule has 6 heteroatoms. The number of halogens is 1. The lowest BCUT2D eigenvalue weighted by Gasteiger charge is -2.10. The van der Waals surface area contributed by atoms with Crippen LogP contribution in [-0.4, -0.2) is 27.9 Å². The van der Waals surface area contributed by atoms with Crippen molar-refractivity contribution in [3.8, 4) is 0 Å². The molecule has 1 rings (SSSR count). The van der Waals surface area contributed by atoms with Gasteiger partial charge in [-0.05, 0) is 30.3 Å². The molecule has 0 fully saturated rings. The Kier molecular flexibility index (Phi) is 6.44. The lowest BCUT2D eigenvalue weighted by atomic mass is 10.1. The van der Waals surface area contributed by atoms with E-state index in [9.17, 15) is 4.79 Å². The van der Waals surface area contributed by atoms with Crippen molar-refractivity contribution in [3.05, 3.63) is 10.6 Å². The van der Waals surface area contributed by atoms with Gasteiger partial charge in [0.2, 0.25) is 0 Å². The molecule has 0 aliphatic rings. The number of aromatic nitrogens is 2. The number of rotatable bonds is 7. The van der Waals surface area contributed by atoms with Crippen LogP contribution >= 0.6 is 23.1 Å². The molecule has 17 heavy (non-hydrogen) atoms. The van der Waals surface area contributed by atoms with Crippen LogP contribution in [0.5, 0.6) is 0 Å². The molecule has 0 spiro atoms. The highest BCUT2D eigenvalue weighted by atomic mass is 35.5. The first-order valence-corrected chi connectivity index (χ1v) is 7.15. The second-order valence-corrected chi connectivity index (χ2v) is 5.22. The number of aryl methyl sites for hydroxylation is 1. The maximum absolute atomic E-state index is 11.9. The predicted octanol–water partition coefficient (Wildman–Crippen LogP) is 2.49. The Balaban J connectivity index is 2.49. The highest BCUT2D eigenvalue weighted by Gasteiger charge is 2.15. The van der Waals surface area contributed by atoms with E-state index in [-0.39, 0.29) is 5.91 Å². The van der Waals surface area contributed by atoms with E-state index in [1.165, 1.54) is 0 Å². The van der Waals surface area contributed by atoms with Crippen molar-refractivity contribution in [1.82, 2.24) is 14.9 Å². The Morgan fingerprint density at radius 3 is 3.00 bits per heavy atom. The van der Waals surface area contributed by atoms with Gasteiger partial charge in [0.05, 0.1) is 5.69 Å². The molecule has 1 amide bonds. The van der Waals surface area contributed by atoms with E-state index in [0.29, 0.717) is 23.2 Å². The number of carbonyl (C=O) groups excluding carboxylic acids is 1. The van der Waals surface area contributed by atoms with Gasteiger partial charge in [-0.1, -0.05) is 24.8 Å². The highest BCUT2D eigenvalue weighted by molar-refractivity contribution is 7.08. The third kappa shape index (κ3) is 4.60. The normalized spacial score (nSPS) is 12.4. The van der Waals surface area contributed by atoms with Crippen molar-refractivity contribution in [3.63, 3.8) is 0 Å². The summed E-state index contributed by atoms with van der Waals surface area (Å²) in [6, 6.07) is 0. The zero-order chi connectivity index (χ0) is 12.7. The van der Waals surface area contributed by atoms with Crippen molar-refractivity contribution >= 4 is 29.0 Å². The second kappa shape index (κ2) is 7.61. The Hall–Kier alpha value is -0.680. The van der Waals surface area contributed by atoms with E-state index < -0.39 is 0 Å². The smallest absolute Gasteiger partial charge is 0.264 e. The predicted molar refractivity (Wildman–Crippen MR) is 70.7 cm³/mol. The first kappa shape index (κ1) is 14.4. The third-order valence-corrected chi connectivity index (χ3v) is 3.45. The highest BCUT2D eigenvalue weighted by Crippen LogP contribution is 2.12. The van der Waals surface area contributed by atoms with E-state index in [0.717, 1.165) is 36.5 Å². The molecule has 1 atom stereocenters. The van der Waals surface area contributed by atoms with E-state index in [1.807, 2.05) is 0 Å². The number of nitrogens with one attached hydrogen (secondary N) is 1. The van der Waals surface area contributed by atoms with Crippen LogP contribution in [0.25, 0.3) is 0 Å². The fraction of sp³-hybridized carbons (Fsp3) is 0.727. The third-order valence-electron chi connectivity index (χ3n) is 2.46. The lowest BCUT2D eigenvalue weighted by molar-refractivity contribution is 0.0951. The van der Waals surface area contributed by atoms with Gasteiger partial charge in [-0.25, -0.2) is 0 Å². The topological polar surface area (TPSA) is 54.9 Å². The Bertz CT molecular complexity index is 356. The summed E-state index contributed by atoms with van der Waals surface area (Å²) >= 11 is 6.81. The van der Waals surface area contributed by atoms with Gasteiger partial charge < -0.3 is 5.32 Å². The molecule has 0 aliphatic heterocycles. The number of nitrogens with zero attached hydrogens (tertiary/aromatic N) is 2. The molecule has 0 aromatic carbocycles. The van der Waals surface area contributed by atoms with Gasteiger partial charge in [-0.15, -0.1) is 16.7 Å². The lowest BCUT2D eigenvalue weighted by Crippen LogP contribution is -2.28. The van der Waals surface area contributed by atoms with Gasteiger partial charge in [0.1, 0.15) is 4.88 Å². The van der Waals surface area contributed by atoms with E-state index in [2.05, 4.69) is 28.8 Å². The van der Waals surface area contributed by atoms with Gasteiger partial charge in [0, 0.05) is 12.4 Å². The summed E-state index contributed by atoms with van der Waals surface area (Å²) in [4.78, 5) is 12.5. The van der Waals surface area contributed by atoms with Crippen LogP contribution < -0.4 is 5.32 Å². The summed E-state index contributed by atoms with van der Waals surface area (Å²) in [5.74, 6) is 0.956. The van der Waals surface area contributed by atoms with Gasteiger partial charge in [-0.3, -0.25) is 4.79 Å². The Morgan fingerprint density at radius 2 is 2.35 bits per heavy atom. The minimum absolute atomic E-state index is 0.0649. The molecule has 4 nitrogen and oxygen atoms in total. The van der Waals surface area contributed by atoms with Crippen molar-refractivity contribution in [2.75, 3.05) is 12.4 Å². The molecule has 1 aromatic heterocycles. The average Bonchev–Trinajstić information content (AvgIpc) is 2.75. The quantitative estimate of drug-likeness (QED) is 0.778. The zero-order valence-electron chi connectivity index (χ0n) is 10.2. The van der Waals surface area contributed by atoms with Gasteiger partial charge in [0.15, 0.2) is 0 Å². The minimum atomic E-state index is -0.0649. The zero-order valence-corrected chi connectivity index (χ0v) is 11.8. The van der Waals surface area contributed by atoms with Crippen LogP contribution in [0.3, 0.4) is 0 Å². The van der Waals surface area contributed by atoms with Crippen molar-refractivity contribution < 1.29 is 4.79 Å². The SMILES string of the molecule is CCCc1nnsc1C(=O)NCC(C)CCCl. The van der Waals surface area contributed by atoms with Gasteiger partial charge >= 0.3 is 0 Å². The largest absolute Gasteiger partial charge is 0.351 e. The summed E-state index contributed by atoms with van der Waals surface area (Å²) in [7, 11) is 0. The molecule has 1 N–H and O–H groups in total. The first-order valence-electron chi connectivity index (χ1n) is 5.84. The summed E-state index contributed by atoms with van der Waals surface area (Å²) in [5, 5.41) is 6.88. The molecule has 0 saturated heterocycles. The molecule has 1 heterocycles. The number of hydrogen-bond donors (Lipinski definition) is 1. The molecule has 0 bridgehead atoms. The van der Waals surface area contributed by atoms with Gasteiger partial charge in [-0.2, -0.15) is 0 Å². The molecule has 1 unspecified atom stereocenters. The van der Waals surface area contributed by atoms with Crippen molar-refractivity contribution in [2.45, 2.75) is 33.1 Å². The summed E-state index contributed by atoms with van der Waals surface area (Å²) < 4.78 is 3.83. The van der Waals surface area contributed by atoms with Crippen LogP contribution in [0.1, 0.15) is 42.1 Å². The van der Waals surface area contributed by atoms with Crippen molar-refractivity contribution in [2.24, 2.45) is 5.92 Å². The average molecular weight is 276 g/mol. The fourth-order valence-electron chi connectivity index (χ4n) is 1.42. The monoisotopic (exact) mass is 275 g/mol. The fourth-order valence-corrected chi connectivity index (χ4v) is 2.41. The van der Waals surface area contributed by atoms with Crippen molar-refractivity contribution in [1.29, 1.82) is 0 Å². The maximum Gasteiger partial charge on any atom is 0.264 e. The first-order chi connectivity index (χ1) is 8.19. The standard InChI is InChI=1S/C11H18ClN3OS/c1-3-4-9-10(17-15-14-9)11(16)13-7-8(2)5-6-12/h8H,3-7H2,1-2H3,(H,13,16). The number of alkyl halides is 1. The van der Waals surface area contributed by atoms with Crippen LogP contribution in [0.4, 0.5) is 0 Å². The van der Waals surface area contributed by atoms with E-state index in [4.69, 9.17) is 11.6 Å². The van der Waals surface area contributed by atoms with E-state index >= 15 is 0 Å². The Labute approximate surface area is 111 Å². The summed E-state index contributed by atoms with van der Waals surface area (Å²) in [6.45, 7) is 4.78. The summed E-state index contributed by atoms with van der Waals surface area (Å²) in [5.41, 5.74) is 0.806. The molecule has 0 aliphatic carbocycles. The minimum Gasteiger partial charge on any atom is -0.351 e. The number of carbonyl (C=O) groups is 1. The van der Waals surface area contributed by atoms with E-state index in [1.54, 1.807) is 0 Å². The molecular weight excluding hydrogens is 258 g/mol. The molecule has 1 aromatic rings. The van der Waals surface area contributed by atoms with Crippen LogP contribution in [-0.2, 0) is 6.42 Å². The van der Waals surface area contributed by atoms with Crippen LogP contribution in [0.15, 0.2) is 0 Å². The maximum atomic E-state index is 11.9. The van der Waals surface area contributed by atoms with Gasteiger partial charge in [0.25, 0.3) is 5.91 Å². The molecule has 96 valence electrons. The van der Waals surface area contributed by atoms with Crippen LogP contribution in [0, 0.1) is 5.92 Å².